The molecule has 0 bridgehead atoms. The SMILES string of the molecule is COC1CCC(N2CCS(=O)(=O)CC2CC(=O)O)CC1. The van der Waals surface area contributed by atoms with Gasteiger partial charge in [-0.2, -0.15) is 0 Å². The van der Waals surface area contributed by atoms with Gasteiger partial charge in [0.15, 0.2) is 9.84 Å². The Hall–Kier alpha value is -0.660. The molecule has 2 rings (SSSR count). The van der Waals surface area contributed by atoms with Crippen LogP contribution in [-0.4, -0.2) is 67.7 Å². The van der Waals surface area contributed by atoms with Gasteiger partial charge < -0.3 is 9.84 Å². The van der Waals surface area contributed by atoms with Gasteiger partial charge in [0.1, 0.15) is 0 Å². The molecule has 1 aliphatic heterocycles. The summed E-state index contributed by atoms with van der Waals surface area (Å²) >= 11 is 0. The lowest BCUT2D eigenvalue weighted by Gasteiger charge is -2.43. The van der Waals surface area contributed by atoms with E-state index in [-0.39, 0.29) is 30.1 Å². The second-order valence-electron chi connectivity index (χ2n) is 5.77. The number of rotatable bonds is 4. The highest BCUT2D eigenvalue weighted by Gasteiger charge is 2.37. The zero-order valence-electron chi connectivity index (χ0n) is 11.8. The fourth-order valence-electron chi connectivity index (χ4n) is 3.37. The third-order valence-corrected chi connectivity index (χ3v) is 6.13. The van der Waals surface area contributed by atoms with E-state index in [9.17, 15) is 13.2 Å². The summed E-state index contributed by atoms with van der Waals surface area (Å²) in [7, 11) is -1.38. The van der Waals surface area contributed by atoms with E-state index in [0.29, 0.717) is 12.6 Å². The van der Waals surface area contributed by atoms with Crippen molar-refractivity contribution in [2.45, 2.75) is 50.3 Å². The Labute approximate surface area is 120 Å². The van der Waals surface area contributed by atoms with E-state index >= 15 is 0 Å². The Morgan fingerprint density at radius 3 is 2.50 bits per heavy atom. The predicted molar refractivity (Wildman–Crippen MR) is 74.5 cm³/mol. The molecule has 20 heavy (non-hydrogen) atoms. The molecule has 1 saturated carbocycles. The van der Waals surface area contributed by atoms with Gasteiger partial charge in [-0.1, -0.05) is 0 Å². The maximum atomic E-state index is 11.7. The minimum atomic E-state index is -3.09. The van der Waals surface area contributed by atoms with Crippen molar-refractivity contribution in [3.05, 3.63) is 0 Å². The lowest BCUT2D eigenvalue weighted by molar-refractivity contribution is -0.138. The molecule has 0 radical (unpaired) electrons. The molecule has 1 atom stereocenters. The average Bonchev–Trinajstić information content (AvgIpc) is 2.37. The van der Waals surface area contributed by atoms with Crippen molar-refractivity contribution < 1.29 is 23.1 Å². The number of ether oxygens (including phenoxy) is 1. The molecule has 0 aromatic heterocycles. The molecule has 0 spiro atoms. The largest absolute Gasteiger partial charge is 0.481 e. The molecular formula is C13H23NO5S. The number of sulfone groups is 1. The number of carboxylic acids is 1. The zero-order valence-corrected chi connectivity index (χ0v) is 12.6. The normalized spacial score (nSPS) is 34.8. The van der Waals surface area contributed by atoms with Crippen molar-refractivity contribution in [3.8, 4) is 0 Å². The molecule has 1 heterocycles. The number of carbonyl (C=O) groups is 1. The third kappa shape index (κ3) is 3.93. The summed E-state index contributed by atoms with van der Waals surface area (Å²) in [5.74, 6) is -0.806. The topological polar surface area (TPSA) is 83.9 Å². The van der Waals surface area contributed by atoms with Crippen molar-refractivity contribution >= 4 is 15.8 Å². The van der Waals surface area contributed by atoms with Crippen LogP contribution in [0.25, 0.3) is 0 Å². The predicted octanol–water partition coefficient (Wildman–Crippen LogP) is 0.518. The van der Waals surface area contributed by atoms with Gasteiger partial charge in [-0.05, 0) is 25.7 Å². The van der Waals surface area contributed by atoms with E-state index in [1.54, 1.807) is 7.11 Å². The van der Waals surface area contributed by atoms with Crippen LogP contribution in [0.5, 0.6) is 0 Å². The molecule has 116 valence electrons. The molecule has 2 fully saturated rings. The number of aliphatic carboxylic acids is 1. The molecule has 0 aromatic carbocycles. The number of methoxy groups -OCH3 is 1. The van der Waals surface area contributed by atoms with Gasteiger partial charge in [0.25, 0.3) is 0 Å². The standard InChI is InChI=1S/C13H23NO5S/c1-19-12-4-2-10(3-5-12)14-6-7-20(17,18)9-11(14)8-13(15)16/h10-12H,2-9H2,1H3,(H,15,16). The summed E-state index contributed by atoms with van der Waals surface area (Å²) in [4.78, 5) is 13.1. The number of hydrogen-bond donors (Lipinski definition) is 1. The van der Waals surface area contributed by atoms with E-state index in [1.807, 2.05) is 0 Å². The molecule has 0 amide bonds. The summed E-state index contributed by atoms with van der Waals surface area (Å²) in [5, 5.41) is 8.99. The molecule has 6 nitrogen and oxygen atoms in total. The average molecular weight is 305 g/mol. The second-order valence-corrected chi connectivity index (χ2v) is 8.00. The summed E-state index contributed by atoms with van der Waals surface area (Å²) in [6.07, 6.45) is 4.03. The van der Waals surface area contributed by atoms with Crippen LogP contribution in [0.4, 0.5) is 0 Å². The van der Waals surface area contributed by atoms with Crippen LogP contribution in [-0.2, 0) is 19.4 Å². The van der Waals surface area contributed by atoms with Crippen LogP contribution in [0.15, 0.2) is 0 Å². The highest BCUT2D eigenvalue weighted by Crippen LogP contribution is 2.29. The molecule has 1 saturated heterocycles. The first-order valence-electron chi connectivity index (χ1n) is 7.12. The van der Waals surface area contributed by atoms with Crippen LogP contribution in [0.1, 0.15) is 32.1 Å². The molecule has 1 N–H and O–H groups in total. The Balaban J connectivity index is 2.03. The zero-order chi connectivity index (χ0) is 14.8. The Morgan fingerprint density at radius 1 is 1.30 bits per heavy atom. The first-order valence-corrected chi connectivity index (χ1v) is 8.94. The maximum absolute atomic E-state index is 11.7. The molecular weight excluding hydrogens is 282 g/mol. The highest BCUT2D eigenvalue weighted by atomic mass is 32.2. The summed E-state index contributed by atoms with van der Waals surface area (Å²) in [5.41, 5.74) is 0. The summed E-state index contributed by atoms with van der Waals surface area (Å²) in [6, 6.07) is -0.0865. The van der Waals surface area contributed by atoms with E-state index in [1.165, 1.54) is 0 Å². The molecule has 2 aliphatic rings. The van der Waals surface area contributed by atoms with Gasteiger partial charge in [-0.3, -0.25) is 9.69 Å². The van der Waals surface area contributed by atoms with E-state index in [0.717, 1.165) is 25.7 Å². The quantitative estimate of drug-likeness (QED) is 0.815. The van der Waals surface area contributed by atoms with Crippen LogP contribution >= 0.6 is 0 Å². The van der Waals surface area contributed by atoms with Gasteiger partial charge in [0.05, 0.1) is 24.0 Å². The smallest absolute Gasteiger partial charge is 0.304 e. The first kappa shape index (κ1) is 15.7. The number of carboxylic acid groups (broad SMARTS) is 1. The van der Waals surface area contributed by atoms with Crippen LogP contribution in [0.3, 0.4) is 0 Å². The van der Waals surface area contributed by atoms with Crippen LogP contribution in [0, 0.1) is 0 Å². The van der Waals surface area contributed by atoms with Gasteiger partial charge in [0, 0.05) is 25.7 Å². The fourth-order valence-corrected chi connectivity index (χ4v) is 4.92. The van der Waals surface area contributed by atoms with Crippen LogP contribution in [0.2, 0.25) is 0 Å². The van der Waals surface area contributed by atoms with Crippen molar-refractivity contribution in [3.63, 3.8) is 0 Å². The molecule has 0 aromatic rings. The lowest BCUT2D eigenvalue weighted by Crippen LogP contribution is -2.54. The highest BCUT2D eigenvalue weighted by molar-refractivity contribution is 7.91. The van der Waals surface area contributed by atoms with Crippen molar-refractivity contribution in [2.24, 2.45) is 0 Å². The van der Waals surface area contributed by atoms with Gasteiger partial charge >= 0.3 is 5.97 Å². The minimum absolute atomic E-state index is 0.0243. The monoisotopic (exact) mass is 305 g/mol. The molecule has 1 aliphatic carbocycles. The van der Waals surface area contributed by atoms with E-state index in [4.69, 9.17) is 9.84 Å². The third-order valence-electron chi connectivity index (χ3n) is 4.43. The van der Waals surface area contributed by atoms with Crippen LogP contribution < -0.4 is 0 Å². The Kier molecular flexibility index (Phi) is 5.04. The Bertz CT molecular complexity index is 442. The van der Waals surface area contributed by atoms with Gasteiger partial charge in [-0.15, -0.1) is 0 Å². The van der Waals surface area contributed by atoms with Gasteiger partial charge in [-0.25, -0.2) is 8.42 Å². The summed E-state index contributed by atoms with van der Waals surface area (Å²) < 4.78 is 28.8. The summed E-state index contributed by atoms with van der Waals surface area (Å²) in [6.45, 7) is 0.461. The lowest BCUT2D eigenvalue weighted by atomic mass is 9.90. The maximum Gasteiger partial charge on any atom is 0.304 e. The minimum Gasteiger partial charge on any atom is -0.481 e. The second kappa shape index (κ2) is 6.41. The van der Waals surface area contributed by atoms with E-state index in [2.05, 4.69) is 4.90 Å². The van der Waals surface area contributed by atoms with Gasteiger partial charge in [0.2, 0.25) is 0 Å². The molecule has 7 heteroatoms. The number of hydrogen-bond acceptors (Lipinski definition) is 5. The number of nitrogens with zero attached hydrogens (tertiary/aromatic N) is 1. The van der Waals surface area contributed by atoms with Crippen molar-refractivity contribution in [1.82, 2.24) is 4.90 Å². The first-order chi connectivity index (χ1) is 9.41. The Morgan fingerprint density at radius 2 is 1.95 bits per heavy atom. The van der Waals surface area contributed by atoms with Crippen molar-refractivity contribution in [2.75, 3.05) is 25.2 Å². The fraction of sp³-hybridized carbons (Fsp3) is 0.923. The van der Waals surface area contributed by atoms with Crippen molar-refractivity contribution in [1.29, 1.82) is 0 Å². The van der Waals surface area contributed by atoms with E-state index < -0.39 is 15.8 Å². The molecule has 1 unspecified atom stereocenters.